The molecule has 2 aliphatic rings. The topological polar surface area (TPSA) is 60.0 Å². The maximum Gasteiger partial charge on any atom is 0.242 e. The molecule has 1 amide bonds. The number of likely N-dealkylation sites (tertiary alicyclic amines) is 1. The van der Waals surface area contributed by atoms with Crippen LogP contribution in [0.25, 0.3) is 0 Å². The molecule has 1 aromatic rings. The number of carbonyl (C=O) groups is 1. The number of benzene rings is 1. The molecule has 1 aromatic carbocycles. The van der Waals surface area contributed by atoms with Gasteiger partial charge >= 0.3 is 0 Å². The molecule has 1 saturated heterocycles. The standard InChI is InChI=1S/C20H31N5O/c1-3-24-11-6-9-18(24)13-22-20(21-2)23-14-19(26)25-12-10-16-7-4-5-8-17(16)15-25/h4-5,7-8,18H,3,6,9-15H2,1-2H3,(H2,21,22,23). The summed E-state index contributed by atoms with van der Waals surface area (Å²) >= 11 is 0. The summed E-state index contributed by atoms with van der Waals surface area (Å²) in [6.45, 7) is 7.13. The Labute approximate surface area is 156 Å². The zero-order valence-corrected chi connectivity index (χ0v) is 16.0. The van der Waals surface area contributed by atoms with Gasteiger partial charge in [-0.05, 0) is 43.5 Å². The molecule has 0 saturated carbocycles. The number of nitrogens with one attached hydrogen (secondary N) is 2. The van der Waals surface area contributed by atoms with Gasteiger partial charge in [0.2, 0.25) is 5.91 Å². The second-order valence-corrected chi connectivity index (χ2v) is 7.07. The highest BCUT2D eigenvalue weighted by Crippen LogP contribution is 2.18. The second-order valence-electron chi connectivity index (χ2n) is 7.07. The van der Waals surface area contributed by atoms with E-state index in [-0.39, 0.29) is 12.5 Å². The molecule has 6 heteroatoms. The van der Waals surface area contributed by atoms with Crippen LogP contribution in [0.15, 0.2) is 29.3 Å². The van der Waals surface area contributed by atoms with Gasteiger partial charge in [-0.15, -0.1) is 0 Å². The van der Waals surface area contributed by atoms with Gasteiger partial charge in [-0.3, -0.25) is 14.7 Å². The van der Waals surface area contributed by atoms with Gasteiger partial charge < -0.3 is 15.5 Å². The fraction of sp³-hybridized carbons (Fsp3) is 0.600. The molecule has 1 fully saturated rings. The zero-order valence-electron chi connectivity index (χ0n) is 16.0. The van der Waals surface area contributed by atoms with Crippen molar-refractivity contribution >= 4 is 11.9 Å². The third-order valence-corrected chi connectivity index (χ3v) is 5.52. The smallest absolute Gasteiger partial charge is 0.242 e. The van der Waals surface area contributed by atoms with E-state index in [4.69, 9.17) is 0 Å². The van der Waals surface area contributed by atoms with E-state index in [1.54, 1.807) is 7.05 Å². The van der Waals surface area contributed by atoms with E-state index in [9.17, 15) is 4.79 Å². The number of hydrogen-bond acceptors (Lipinski definition) is 3. The Morgan fingerprint density at radius 3 is 2.81 bits per heavy atom. The fourth-order valence-corrected chi connectivity index (χ4v) is 3.96. The molecule has 6 nitrogen and oxygen atoms in total. The molecule has 3 rings (SSSR count). The molecule has 0 radical (unpaired) electrons. The number of nitrogens with zero attached hydrogens (tertiary/aromatic N) is 3. The molecule has 0 bridgehead atoms. The summed E-state index contributed by atoms with van der Waals surface area (Å²) in [6.07, 6.45) is 3.43. The Morgan fingerprint density at radius 1 is 1.23 bits per heavy atom. The van der Waals surface area contributed by atoms with Crippen molar-refractivity contribution in [2.75, 3.05) is 39.8 Å². The van der Waals surface area contributed by atoms with Crippen LogP contribution < -0.4 is 10.6 Å². The van der Waals surface area contributed by atoms with Crippen LogP contribution in [0.2, 0.25) is 0 Å². The highest BCUT2D eigenvalue weighted by molar-refractivity contribution is 5.86. The van der Waals surface area contributed by atoms with Crippen molar-refractivity contribution in [2.45, 2.75) is 38.8 Å². The van der Waals surface area contributed by atoms with Crippen LogP contribution in [-0.4, -0.2) is 67.5 Å². The summed E-state index contributed by atoms with van der Waals surface area (Å²) in [4.78, 5) is 21.2. The molecule has 2 aliphatic heterocycles. The number of aliphatic imine (C=N–C) groups is 1. The molecular weight excluding hydrogens is 326 g/mol. The van der Waals surface area contributed by atoms with Crippen LogP contribution >= 0.6 is 0 Å². The van der Waals surface area contributed by atoms with E-state index in [1.165, 1.54) is 30.5 Å². The average molecular weight is 358 g/mol. The third-order valence-electron chi connectivity index (χ3n) is 5.52. The number of fused-ring (bicyclic) bond motifs is 1. The average Bonchev–Trinajstić information content (AvgIpc) is 3.15. The Hall–Kier alpha value is -2.08. The molecule has 0 spiro atoms. The predicted molar refractivity (Wildman–Crippen MR) is 105 cm³/mol. The molecule has 0 aromatic heterocycles. The first kappa shape index (κ1) is 18.7. The van der Waals surface area contributed by atoms with E-state index >= 15 is 0 Å². The SMILES string of the molecule is CCN1CCCC1CNC(=NC)NCC(=O)N1CCc2ccccc2C1. The van der Waals surface area contributed by atoms with E-state index < -0.39 is 0 Å². The van der Waals surface area contributed by atoms with Crippen molar-refractivity contribution in [3.63, 3.8) is 0 Å². The number of likely N-dealkylation sites (N-methyl/N-ethyl adjacent to an activating group) is 1. The molecule has 142 valence electrons. The van der Waals surface area contributed by atoms with Gasteiger partial charge in [0.05, 0.1) is 6.54 Å². The summed E-state index contributed by atoms with van der Waals surface area (Å²) in [5.41, 5.74) is 2.62. The van der Waals surface area contributed by atoms with Gasteiger partial charge in [-0.2, -0.15) is 0 Å². The molecule has 26 heavy (non-hydrogen) atoms. The lowest BCUT2D eigenvalue weighted by Gasteiger charge is -2.29. The maximum absolute atomic E-state index is 12.6. The summed E-state index contributed by atoms with van der Waals surface area (Å²) < 4.78 is 0. The van der Waals surface area contributed by atoms with E-state index in [0.717, 1.165) is 26.1 Å². The second kappa shape index (κ2) is 9.03. The minimum atomic E-state index is 0.124. The predicted octanol–water partition coefficient (Wildman–Crippen LogP) is 1.22. The number of rotatable bonds is 5. The molecule has 2 heterocycles. The number of guanidine groups is 1. The van der Waals surface area contributed by atoms with Crippen molar-refractivity contribution in [3.8, 4) is 0 Å². The van der Waals surface area contributed by atoms with E-state index in [0.29, 0.717) is 18.5 Å². The normalized spacial score (nSPS) is 20.8. The fourth-order valence-electron chi connectivity index (χ4n) is 3.96. The minimum absolute atomic E-state index is 0.124. The maximum atomic E-state index is 12.6. The minimum Gasteiger partial charge on any atom is -0.355 e. The molecular formula is C20H31N5O. The summed E-state index contributed by atoms with van der Waals surface area (Å²) in [7, 11) is 1.75. The van der Waals surface area contributed by atoms with Gasteiger partial charge in [-0.1, -0.05) is 31.2 Å². The molecule has 1 unspecified atom stereocenters. The Kier molecular flexibility index (Phi) is 6.50. The van der Waals surface area contributed by atoms with E-state index in [1.807, 2.05) is 11.0 Å². The lowest BCUT2D eigenvalue weighted by atomic mass is 10.00. The molecule has 1 atom stereocenters. The zero-order chi connectivity index (χ0) is 18.4. The Balaban J connectivity index is 1.44. The van der Waals surface area contributed by atoms with Gasteiger partial charge in [0.25, 0.3) is 0 Å². The van der Waals surface area contributed by atoms with Crippen molar-refractivity contribution in [1.29, 1.82) is 0 Å². The first-order valence-electron chi connectivity index (χ1n) is 9.74. The van der Waals surface area contributed by atoms with Gasteiger partial charge in [0.15, 0.2) is 5.96 Å². The highest BCUT2D eigenvalue weighted by atomic mass is 16.2. The van der Waals surface area contributed by atoms with E-state index in [2.05, 4.69) is 45.6 Å². The van der Waals surface area contributed by atoms with Crippen molar-refractivity contribution in [1.82, 2.24) is 20.4 Å². The highest BCUT2D eigenvalue weighted by Gasteiger charge is 2.23. The largest absolute Gasteiger partial charge is 0.355 e. The summed E-state index contributed by atoms with van der Waals surface area (Å²) in [5.74, 6) is 0.831. The number of amides is 1. The first-order valence-corrected chi connectivity index (χ1v) is 9.74. The summed E-state index contributed by atoms with van der Waals surface area (Å²) in [6, 6.07) is 8.94. The van der Waals surface area contributed by atoms with Crippen LogP contribution in [0, 0.1) is 0 Å². The molecule has 2 N–H and O–H groups in total. The monoisotopic (exact) mass is 357 g/mol. The van der Waals surface area contributed by atoms with Crippen LogP contribution in [0.5, 0.6) is 0 Å². The van der Waals surface area contributed by atoms with Crippen LogP contribution in [-0.2, 0) is 17.8 Å². The van der Waals surface area contributed by atoms with Crippen LogP contribution in [0.3, 0.4) is 0 Å². The number of carbonyl (C=O) groups excluding carboxylic acids is 1. The number of hydrogen-bond donors (Lipinski definition) is 2. The first-order chi connectivity index (χ1) is 12.7. The van der Waals surface area contributed by atoms with Crippen molar-refractivity contribution < 1.29 is 4.79 Å². The summed E-state index contributed by atoms with van der Waals surface area (Å²) in [5, 5.41) is 6.55. The lowest BCUT2D eigenvalue weighted by Crippen LogP contribution is -2.48. The van der Waals surface area contributed by atoms with Crippen LogP contribution in [0.4, 0.5) is 0 Å². The van der Waals surface area contributed by atoms with Crippen molar-refractivity contribution in [3.05, 3.63) is 35.4 Å². The quantitative estimate of drug-likeness (QED) is 0.615. The van der Waals surface area contributed by atoms with Gasteiger partial charge in [-0.25, -0.2) is 0 Å². The van der Waals surface area contributed by atoms with Crippen LogP contribution in [0.1, 0.15) is 30.9 Å². The Bertz CT molecular complexity index is 645. The third kappa shape index (κ3) is 4.55. The van der Waals surface area contributed by atoms with Gasteiger partial charge in [0, 0.05) is 32.7 Å². The van der Waals surface area contributed by atoms with Crippen molar-refractivity contribution in [2.24, 2.45) is 4.99 Å². The van der Waals surface area contributed by atoms with Gasteiger partial charge in [0.1, 0.15) is 0 Å². The Morgan fingerprint density at radius 2 is 2.04 bits per heavy atom. The lowest BCUT2D eigenvalue weighted by molar-refractivity contribution is -0.130. The molecule has 0 aliphatic carbocycles.